The van der Waals surface area contributed by atoms with Crippen molar-refractivity contribution in [2.45, 2.75) is 31.4 Å². The van der Waals surface area contributed by atoms with Crippen molar-refractivity contribution in [1.29, 1.82) is 0 Å². The first kappa shape index (κ1) is 15.6. The smallest absolute Gasteiger partial charge is 0.325 e. The van der Waals surface area contributed by atoms with E-state index >= 15 is 0 Å². The minimum absolute atomic E-state index is 0.0854. The molecule has 2 fully saturated rings. The molecule has 2 heterocycles. The number of hydrogen-bond donors (Lipinski definition) is 1. The molecule has 118 valence electrons. The molecule has 22 heavy (non-hydrogen) atoms. The lowest BCUT2D eigenvalue weighted by molar-refractivity contribution is -0.132. The third-order valence-electron chi connectivity index (χ3n) is 4.15. The van der Waals surface area contributed by atoms with Crippen LogP contribution in [0.2, 0.25) is 10.0 Å². The normalized spacial score (nSPS) is 28.3. The number of hydrogen-bond acceptors (Lipinski definition) is 3. The minimum Gasteiger partial charge on any atom is -0.376 e. The molecule has 5 nitrogen and oxygen atoms in total. The Morgan fingerprint density at radius 1 is 1.41 bits per heavy atom. The summed E-state index contributed by atoms with van der Waals surface area (Å²) >= 11 is 12.1. The van der Waals surface area contributed by atoms with Gasteiger partial charge in [0.15, 0.2) is 0 Å². The molecule has 3 rings (SSSR count). The van der Waals surface area contributed by atoms with E-state index in [1.54, 1.807) is 25.1 Å². The summed E-state index contributed by atoms with van der Waals surface area (Å²) < 4.78 is 5.51. The third kappa shape index (κ3) is 2.57. The number of imide groups is 1. The SMILES string of the molecule is CC1(c2ccc(Cl)cc2Cl)NC(=O)N(CC2CCCO2)C1=O. The van der Waals surface area contributed by atoms with E-state index in [0.717, 1.165) is 12.8 Å². The van der Waals surface area contributed by atoms with Crippen molar-refractivity contribution in [2.24, 2.45) is 0 Å². The van der Waals surface area contributed by atoms with Crippen molar-refractivity contribution in [2.75, 3.05) is 13.2 Å². The second kappa shape index (κ2) is 5.72. The molecule has 2 unspecified atom stereocenters. The number of nitrogens with zero attached hydrogens (tertiary/aromatic N) is 1. The number of carbonyl (C=O) groups excluding carboxylic acids is 2. The summed E-state index contributed by atoms with van der Waals surface area (Å²) in [7, 11) is 0. The van der Waals surface area contributed by atoms with E-state index in [-0.39, 0.29) is 18.6 Å². The van der Waals surface area contributed by atoms with Crippen molar-refractivity contribution < 1.29 is 14.3 Å². The molecule has 0 aliphatic carbocycles. The lowest BCUT2D eigenvalue weighted by Gasteiger charge is -2.24. The average molecular weight is 343 g/mol. The first-order valence-corrected chi connectivity index (χ1v) is 7.88. The largest absolute Gasteiger partial charge is 0.376 e. The van der Waals surface area contributed by atoms with Gasteiger partial charge in [0.2, 0.25) is 0 Å². The molecular weight excluding hydrogens is 327 g/mol. The zero-order valence-electron chi connectivity index (χ0n) is 12.1. The van der Waals surface area contributed by atoms with Gasteiger partial charge in [0, 0.05) is 22.2 Å². The van der Waals surface area contributed by atoms with Gasteiger partial charge in [0.25, 0.3) is 5.91 Å². The zero-order chi connectivity index (χ0) is 15.9. The van der Waals surface area contributed by atoms with E-state index in [4.69, 9.17) is 27.9 Å². The molecule has 2 aliphatic heterocycles. The van der Waals surface area contributed by atoms with Gasteiger partial charge in [-0.25, -0.2) is 4.79 Å². The molecular formula is C15H16Cl2N2O3. The summed E-state index contributed by atoms with van der Waals surface area (Å²) in [5.41, 5.74) is -0.649. The van der Waals surface area contributed by atoms with Crippen LogP contribution in [0.25, 0.3) is 0 Å². The maximum atomic E-state index is 12.8. The summed E-state index contributed by atoms with van der Waals surface area (Å²) in [6.07, 6.45) is 1.72. The number of rotatable bonds is 3. The number of halogens is 2. The maximum absolute atomic E-state index is 12.8. The Kier molecular flexibility index (Phi) is 4.05. The highest BCUT2D eigenvalue weighted by molar-refractivity contribution is 6.35. The van der Waals surface area contributed by atoms with E-state index < -0.39 is 11.6 Å². The standard InChI is InChI=1S/C15H16Cl2N2O3/c1-15(11-5-4-9(16)7-12(11)17)13(20)19(14(21)18-15)8-10-3-2-6-22-10/h4-5,7,10H,2-3,6,8H2,1H3,(H,18,21). The Balaban J connectivity index is 1.88. The Morgan fingerprint density at radius 3 is 2.82 bits per heavy atom. The van der Waals surface area contributed by atoms with Crippen LogP contribution in [0.1, 0.15) is 25.3 Å². The predicted octanol–water partition coefficient (Wildman–Crippen LogP) is 2.94. The van der Waals surface area contributed by atoms with E-state index in [0.29, 0.717) is 22.2 Å². The van der Waals surface area contributed by atoms with Crippen LogP contribution in [0.4, 0.5) is 4.79 Å². The summed E-state index contributed by atoms with van der Waals surface area (Å²) in [6.45, 7) is 2.60. The summed E-state index contributed by atoms with van der Waals surface area (Å²) in [6, 6.07) is 4.45. The number of urea groups is 1. The topological polar surface area (TPSA) is 58.6 Å². The molecule has 7 heteroatoms. The van der Waals surface area contributed by atoms with Gasteiger partial charge < -0.3 is 10.1 Å². The maximum Gasteiger partial charge on any atom is 0.325 e. The molecule has 2 atom stereocenters. The Morgan fingerprint density at radius 2 is 2.18 bits per heavy atom. The van der Waals surface area contributed by atoms with Gasteiger partial charge in [-0.15, -0.1) is 0 Å². The number of ether oxygens (including phenoxy) is 1. The van der Waals surface area contributed by atoms with Gasteiger partial charge in [-0.3, -0.25) is 9.69 Å². The fourth-order valence-electron chi connectivity index (χ4n) is 2.93. The van der Waals surface area contributed by atoms with E-state index in [1.165, 1.54) is 4.90 Å². The number of amides is 3. The minimum atomic E-state index is -1.18. The molecule has 0 radical (unpaired) electrons. The van der Waals surface area contributed by atoms with Crippen LogP contribution in [-0.2, 0) is 15.1 Å². The van der Waals surface area contributed by atoms with Crippen LogP contribution in [-0.4, -0.2) is 36.1 Å². The van der Waals surface area contributed by atoms with E-state index in [2.05, 4.69) is 5.32 Å². The highest BCUT2D eigenvalue weighted by atomic mass is 35.5. The molecule has 2 saturated heterocycles. The van der Waals surface area contributed by atoms with Gasteiger partial charge in [-0.1, -0.05) is 29.3 Å². The first-order valence-electron chi connectivity index (χ1n) is 7.13. The van der Waals surface area contributed by atoms with Crippen LogP contribution < -0.4 is 5.32 Å². The number of benzene rings is 1. The summed E-state index contributed by atoms with van der Waals surface area (Å²) in [4.78, 5) is 26.2. The van der Waals surface area contributed by atoms with Crippen molar-refractivity contribution in [3.8, 4) is 0 Å². The van der Waals surface area contributed by atoms with E-state index in [1.807, 2.05) is 0 Å². The molecule has 3 amide bonds. The molecule has 0 aromatic heterocycles. The second-order valence-corrected chi connectivity index (χ2v) is 6.57. The Hall–Kier alpha value is -1.30. The van der Waals surface area contributed by atoms with Gasteiger partial charge in [-0.2, -0.15) is 0 Å². The molecule has 0 saturated carbocycles. The second-order valence-electron chi connectivity index (χ2n) is 5.73. The third-order valence-corrected chi connectivity index (χ3v) is 4.70. The van der Waals surface area contributed by atoms with Gasteiger partial charge in [-0.05, 0) is 31.9 Å². The molecule has 1 aromatic carbocycles. The van der Waals surface area contributed by atoms with Crippen molar-refractivity contribution in [3.05, 3.63) is 33.8 Å². The van der Waals surface area contributed by atoms with Gasteiger partial charge >= 0.3 is 6.03 Å². The fourth-order valence-corrected chi connectivity index (χ4v) is 3.53. The quantitative estimate of drug-likeness (QED) is 0.859. The van der Waals surface area contributed by atoms with Crippen LogP contribution in [0.5, 0.6) is 0 Å². The first-order chi connectivity index (χ1) is 10.4. The summed E-state index contributed by atoms with van der Waals surface area (Å²) in [5, 5.41) is 3.56. The van der Waals surface area contributed by atoms with E-state index in [9.17, 15) is 9.59 Å². The Labute approximate surface area is 138 Å². The monoisotopic (exact) mass is 342 g/mol. The molecule has 0 spiro atoms. The number of carbonyl (C=O) groups is 2. The number of nitrogens with one attached hydrogen (secondary N) is 1. The van der Waals surface area contributed by atoms with Crippen LogP contribution in [0.15, 0.2) is 18.2 Å². The van der Waals surface area contributed by atoms with Crippen molar-refractivity contribution >= 4 is 35.1 Å². The molecule has 0 bridgehead atoms. The molecule has 1 aromatic rings. The Bertz CT molecular complexity index is 631. The van der Waals surface area contributed by atoms with Crippen LogP contribution in [0, 0.1) is 0 Å². The zero-order valence-corrected chi connectivity index (χ0v) is 13.6. The highest BCUT2D eigenvalue weighted by Crippen LogP contribution is 2.35. The highest BCUT2D eigenvalue weighted by Gasteiger charge is 2.50. The van der Waals surface area contributed by atoms with Crippen molar-refractivity contribution in [1.82, 2.24) is 10.2 Å². The summed E-state index contributed by atoms with van der Waals surface area (Å²) in [5.74, 6) is -0.322. The van der Waals surface area contributed by atoms with Crippen LogP contribution in [0.3, 0.4) is 0 Å². The molecule has 1 N–H and O–H groups in total. The lowest BCUT2D eigenvalue weighted by atomic mass is 9.92. The van der Waals surface area contributed by atoms with Crippen LogP contribution >= 0.6 is 23.2 Å². The van der Waals surface area contributed by atoms with Gasteiger partial charge in [0.05, 0.1) is 12.6 Å². The average Bonchev–Trinajstić information content (AvgIpc) is 3.02. The van der Waals surface area contributed by atoms with Crippen molar-refractivity contribution in [3.63, 3.8) is 0 Å². The molecule has 2 aliphatic rings. The predicted molar refractivity (Wildman–Crippen MR) is 83.0 cm³/mol. The lowest BCUT2D eigenvalue weighted by Crippen LogP contribution is -2.42. The van der Waals surface area contributed by atoms with Gasteiger partial charge in [0.1, 0.15) is 5.54 Å². The fraction of sp³-hybridized carbons (Fsp3) is 0.467.